The lowest BCUT2D eigenvalue weighted by atomic mass is 9.77. The Morgan fingerprint density at radius 3 is 2.86 bits per heavy atom. The number of nitrogens with one attached hydrogen (secondary N) is 1. The summed E-state index contributed by atoms with van der Waals surface area (Å²) in [4.78, 5) is 25.9. The largest absolute Gasteiger partial charge is 0.350 e. The number of nitrogens with zero attached hydrogens (tertiary/aromatic N) is 3. The molecule has 1 aliphatic heterocycles. The second kappa shape index (κ2) is 5.26. The van der Waals surface area contributed by atoms with Crippen LogP contribution in [0.2, 0.25) is 0 Å². The van der Waals surface area contributed by atoms with Crippen LogP contribution in [0.15, 0.2) is 17.8 Å². The number of rotatable bonds is 3. The molecule has 1 aliphatic carbocycles. The van der Waals surface area contributed by atoms with Gasteiger partial charge < -0.3 is 10.2 Å². The summed E-state index contributed by atoms with van der Waals surface area (Å²) in [5, 5.41) is 7.22. The number of allylic oxidation sites excluding steroid dienone is 1. The topological polar surface area (TPSA) is 67.2 Å². The summed E-state index contributed by atoms with van der Waals surface area (Å²) >= 11 is 0. The predicted molar refractivity (Wildman–Crippen MR) is 82.0 cm³/mol. The molecule has 3 rings (SSSR count). The Balaban J connectivity index is 1.71. The van der Waals surface area contributed by atoms with Gasteiger partial charge in [-0.05, 0) is 32.3 Å². The molecule has 22 heavy (non-hydrogen) atoms. The van der Waals surface area contributed by atoms with Crippen molar-refractivity contribution in [3.05, 3.63) is 29.2 Å². The molecule has 1 N–H and O–H groups in total. The van der Waals surface area contributed by atoms with E-state index in [2.05, 4.69) is 16.5 Å². The summed E-state index contributed by atoms with van der Waals surface area (Å²) < 4.78 is 1.70. The fraction of sp³-hybridized carbons (Fsp3) is 0.562. The number of hydrogen-bond donors (Lipinski definition) is 1. The first-order chi connectivity index (χ1) is 10.4. The van der Waals surface area contributed by atoms with Crippen LogP contribution >= 0.6 is 0 Å². The van der Waals surface area contributed by atoms with Crippen LogP contribution < -0.4 is 5.32 Å². The molecule has 1 aromatic heterocycles. The average molecular weight is 302 g/mol. The molecule has 6 heteroatoms. The molecule has 0 radical (unpaired) electrons. The Labute approximate surface area is 130 Å². The molecule has 1 saturated heterocycles. The highest BCUT2D eigenvalue weighted by Gasteiger charge is 2.44. The first-order valence-electron chi connectivity index (χ1n) is 7.69. The van der Waals surface area contributed by atoms with Crippen molar-refractivity contribution in [3.8, 4) is 0 Å². The Kier molecular flexibility index (Phi) is 3.54. The van der Waals surface area contributed by atoms with E-state index in [1.807, 2.05) is 21.0 Å². The van der Waals surface area contributed by atoms with Crippen LogP contribution in [-0.2, 0) is 11.8 Å². The van der Waals surface area contributed by atoms with E-state index in [0.29, 0.717) is 18.7 Å². The van der Waals surface area contributed by atoms with Gasteiger partial charge in [0.1, 0.15) is 5.69 Å². The Hall–Kier alpha value is -2.11. The third kappa shape index (κ3) is 2.32. The molecule has 0 spiro atoms. The normalized spacial score (nSPS) is 24.2. The number of aromatic nitrogens is 2. The second-order valence-corrected chi connectivity index (χ2v) is 6.34. The molecular formula is C16H22N4O2. The number of carbonyl (C=O) groups is 2. The van der Waals surface area contributed by atoms with E-state index in [4.69, 9.17) is 0 Å². The Morgan fingerprint density at radius 2 is 2.18 bits per heavy atom. The van der Waals surface area contributed by atoms with Gasteiger partial charge in [-0.15, -0.1) is 0 Å². The maximum Gasteiger partial charge on any atom is 0.271 e. The van der Waals surface area contributed by atoms with Gasteiger partial charge in [0, 0.05) is 43.9 Å². The Morgan fingerprint density at radius 1 is 1.41 bits per heavy atom. The summed E-state index contributed by atoms with van der Waals surface area (Å²) in [5.74, 6) is 0.0133. The smallest absolute Gasteiger partial charge is 0.271 e. The molecule has 1 atom stereocenters. The Bertz CT molecular complexity index is 642. The number of amides is 2. The van der Waals surface area contributed by atoms with Crippen molar-refractivity contribution < 1.29 is 9.59 Å². The predicted octanol–water partition coefficient (Wildman–Crippen LogP) is 1.37. The van der Waals surface area contributed by atoms with E-state index in [1.54, 1.807) is 15.6 Å². The van der Waals surface area contributed by atoms with Gasteiger partial charge in [-0.25, -0.2) is 0 Å². The maximum absolute atomic E-state index is 12.3. The molecule has 0 bridgehead atoms. The molecule has 1 fully saturated rings. The zero-order valence-electron chi connectivity index (χ0n) is 13.3. The number of likely N-dealkylation sites (tertiary alicyclic amines) is 1. The van der Waals surface area contributed by atoms with Crippen molar-refractivity contribution in [3.63, 3.8) is 0 Å². The minimum absolute atomic E-state index is 0.0951. The van der Waals surface area contributed by atoms with Crippen molar-refractivity contribution in [1.82, 2.24) is 20.0 Å². The lowest BCUT2D eigenvalue weighted by Crippen LogP contribution is -2.46. The highest BCUT2D eigenvalue weighted by Crippen LogP contribution is 2.46. The molecule has 0 saturated carbocycles. The summed E-state index contributed by atoms with van der Waals surface area (Å²) in [5.41, 5.74) is 2.37. The van der Waals surface area contributed by atoms with Crippen LogP contribution in [0.3, 0.4) is 0 Å². The van der Waals surface area contributed by atoms with Crippen LogP contribution in [0, 0.1) is 12.3 Å². The average Bonchev–Trinajstić information content (AvgIpc) is 3.06. The number of fused-ring (bicyclic) bond motifs is 1. The van der Waals surface area contributed by atoms with E-state index >= 15 is 0 Å². The lowest BCUT2D eigenvalue weighted by molar-refractivity contribution is -0.131. The highest BCUT2D eigenvalue weighted by atomic mass is 16.2. The van der Waals surface area contributed by atoms with Gasteiger partial charge in [-0.3, -0.25) is 14.3 Å². The molecule has 2 aliphatic rings. The number of piperidine rings is 1. The van der Waals surface area contributed by atoms with Crippen molar-refractivity contribution in [2.45, 2.75) is 32.6 Å². The highest BCUT2D eigenvalue weighted by molar-refractivity contribution is 5.92. The lowest BCUT2D eigenvalue weighted by Gasteiger charge is -2.41. The monoisotopic (exact) mass is 302 g/mol. The zero-order valence-corrected chi connectivity index (χ0v) is 13.3. The molecule has 1 aromatic rings. The summed E-state index contributed by atoms with van der Waals surface area (Å²) in [7, 11) is 3.65. The molecule has 2 heterocycles. The SMILES string of the molecule is Cc1cc(C(=O)NCC23CCC=C2N(C)C(=O)CC3)nn1C. The third-order valence-corrected chi connectivity index (χ3v) is 4.99. The first-order valence-corrected chi connectivity index (χ1v) is 7.69. The van der Waals surface area contributed by atoms with Crippen LogP contribution in [-0.4, -0.2) is 40.1 Å². The second-order valence-electron chi connectivity index (χ2n) is 6.34. The van der Waals surface area contributed by atoms with E-state index in [0.717, 1.165) is 30.7 Å². The van der Waals surface area contributed by atoms with Gasteiger partial charge in [0.05, 0.1) is 0 Å². The number of hydrogen-bond acceptors (Lipinski definition) is 3. The quantitative estimate of drug-likeness (QED) is 0.917. The van der Waals surface area contributed by atoms with Crippen LogP contribution in [0.1, 0.15) is 41.9 Å². The van der Waals surface area contributed by atoms with Crippen molar-refractivity contribution >= 4 is 11.8 Å². The fourth-order valence-electron chi connectivity index (χ4n) is 3.50. The van der Waals surface area contributed by atoms with Gasteiger partial charge in [0.2, 0.25) is 5.91 Å². The molecule has 0 aromatic carbocycles. The minimum Gasteiger partial charge on any atom is -0.350 e. The molecular weight excluding hydrogens is 280 g/mol. The van der Waals surface area contributed by atoms with Crippen LogP contribution in [0.4, 0.5) is 0 Å². The molecule has 2 amide bonds. The standard InChI is InChI=1S/C16H22N4O2/c1-11-9-12(18-20(11)3)15(22)17-10-16-7-4-5-13(16)19(2)14(21)6-8-16/h5,9H,4,6-8,10H2,1-3H3,(H,17,22). The van der Waals surface area contributed by atoms with E-state index in [1.165, 1.54) is 0 Å². The van der Waals surface area contributed by atoms with Crippen LogP contribution in [0.5, 0.6) is 0 Å². The maximum atomic E-state index is 12.3. The number of carbonyl (C=O) groups excluding carboxylic acids is 2. The molecule has 6 nitrogen and oxygen atoms in total. The van der Waals surface area contributed by atoms with Gasteiger partial charge in [-0.2, -0.15) is 5.10 Å². The van der Waals surface area contributed by atoms with Crippen LogP contribution in [0.25, 0.3) is 0 Å². The van der Waals surface area contributed by atoms with Crippen molar-refractivity contribution in [1.29, 1.82) is 0 Å². The minimum atomic E-state index is -0.149. The molecule has 118 valence electrons. The molecule has 1 unspecified atom stereocenters. The van der Waals surface area contributed by atoms with Gasteiger partial charge in [0.25, 0.3) is 5.91 Å². The van der Waals surface area contributed by atoms with E-state index in [-0.39, 0.29) is 17.2 Å². The fourth-order valence-corrected chi connectivity index (χ4v) is 3.50. The van der Waals surface area contributed by atoms with Crippen molar-refractivity contribution in [2.75, 3.05) is 13.6 Å². The summed E-state index contributed by atoms with van der Waals surface area (Å²) in [6, 6.07) is 1.79. The van der Waals surface area contributed by atoms with Crippen molar-refractivity contribution in [2.24, 2.45) is 12.5 Å². The summed E-state index contributed by atoms with van der Waals surface area (Å²) in [6.07, 6.45) is 5.44. The van der Waals surface area contributed by atoms with Gasteiger partial charge >= 0.3 is 0 Å². The van der Waals surface area contributed by atoms with E-state index in [9.17, 15) is 9.59 Å². The first kappa shape index (κ1) is 14.8. The number of aryl methyl sites for hydroxylation is 2. The zero-order chi connectivity index (χ0) is 15.9. The van der Waals surface area contributed by atoms with Gasteiger partial charge in [0.15, 0.2) is 0 Å². The third-order valence-electron chi connectivity index (χ3n) is 4.99. The van der Waals surface area contributed by atoms with E-state index < -0.39 is 0 Å². The van der Waals surface area contributed by atoms with Gasteiger partial charge in [-0.1, -0.05) is 6.08 Å². The summed E-state index contributed by atoms with van der Waals surface area (Å²) in [6.45, 7) is 2.48.